The summed E-state index contributed by atoms with van der Waals surface area (Å²) in [4.78, 5) is 2.60. The highest BCUT2D eigenvalue weighted by Gasteiger charge is 2.14. The zero-order chi connectivity index (χ0) is 12.0. The fraction of sp³-hybridized carbons (Fsp3) is 1.00. The molecule has 0 amide bonds. The molecule has 0 aromatic heterocycles. The summed E-state index contributed by atoms with van der Waals surface area (Å²) in [6, 6.07) is 0. The number of likely N-dealkylation sites (tertiary alicyclic amines) is 1. The van der Waals surface area contributed by atoms with Crippen molar-refractivity contribution in [2.45, 2.75) is 47.0 Å². The lowest BCUT2D eigenvalue weighted by molar-refractivity contribution is 0.192. The molecule has 0 aromatic carbocycles. The van der Waals surface area contributed by atoms with Gasteiger partial charge in [-0.15, -0.1) is 0 Å². The molecular formula is C14H30N2. The first-order chi connectivity index (χ1) is 7.47. The summed E-state index contributed by atoms with van der Waals surface area (Å²) in [6.07, 6.45) is 4.05. The second-order valence-electron chi connectivity index (χ2n) is 6.58. The highest BCUT2D eigenvalue weighted by atomic mass is 15.1. The van der Waals surface area contributed by atoms with Crippen molar-refractivity contribution < 1.29 is 0 Å². The highest BCUT2D eigenvalue weighted by molar-refractivity contribution is 4.70. The predicted octanol–water partition coefficient (Wildman–Crippen LogP) is 2.74. The van der Waals surface area contributed by atoms with Gasteiger partial charge in [0.1, 0.15) is 0 Å². The van der Waals surface area contributed by atoms with E-state index in [4.69, 9.17) is 0 Å². The molecular weight excluding hydrogens is 196 g/mol. The molecule has 16 heavy (non-hydrogen) atoms. The van der Waals surface area contributed by atoms with Crippen LogP contribution in [0.5, 0.6) is 0 Å². The number of piperidine rings is 1. The molecule has 2 nitrogen and oxygen atoms in total. The normalized spacial score (nSPS) is 20.2. The number of nitrogens with one attached hydrogen (secondary N) is 1. The Balaban J connectivity index is 1.95. The van der Waals surface area contributed by atoms with Gasteiger partial charge in [0, 0.05) is 13.1 Å². The van der Waals surface area contributed by atoms with Crippen LogP contribution in [0.15, 0.2) is 0 Å². The van der Waals surface area contributed by atoms with Crippen LogP contribution in [0, 0.1) is 11.3 Å². The minimum atomic E-state index is 0.466. The maximum absolute atomic E-state index is 3.56. The second-order valence-corrected chi connectivity index (χ2v) is 6.58. The van der Waals surface area contributed by atoms with Crippen molar-refractivity contribution in [2.75, 3.05) is 32.7 Å². The van der Waals surface area contributed by atoms with Crippen LogP contribution in [0.25, 0.3) is 0 Å². The Morgan fingerprint density at radius 1 is 1.12 bits per heavy atom. The van der Waals surface area contributed by atoms with Crippen molar-refractivity contribution in [1.82, 2.24) is 10.2 Å². The molecule has 0 atom stereocenters. The van der Waals surface area contributed by atoms with E-state index in [9.17, 15) is 0 Å². The number of nitrogens with zero attached hydrogens (tertiary/aromatic N) is 1. The molecule has 96 valence electrons. The maximum atomic E-state index is 3.56. The second kappa shape index (κ2) is 6.61. The van der Waals surface area contributed by atoms with Gasteiger partial charge in [0.25, 0.3) is 0 Å². The van der Waals surface area contributed by atoms with Gasteiger partial charge in [0.15, 0.2) is 0 Å². The fourth-order valence-electron chi connectivity index (χ4n) is 2.11. The first kappa shape index (κ1) is 14.0. The van der Waals surface area contributed by atoms with Gasteiger partial charge in [-0.25, -0.2) is 0 Å². The largest absolute Gasteiger partial charge is 0.315 e. The Hall–Kier alpha value is -0.0800. The third kappa shape index (κ3) is 6.49. The van der Waals surface area contributed by atoms with Crippen LogP contribution in [0.2, 0.25) is 0 Å². The SMILES string of the molecule is CC1CCN(CCNCCC(C)(C)C)CC1. The van der Waals surface area contributed by atoms with E-state index in [0.29, 0.717) is 5.41 Å². The number of hydrogen-bond donors (Lipinski definition) is 1. The molecule has 1 aliphatic heterocycles. The molecule has 0 spiro atoms. The lowest BCUT2D eigenvalue weighted by atomic mass is 9.92. The van der Waals surface area contributed by atoms with Gasteiger partial charge in [-0.1, -0.05) is 27.7 Å². The Labute approximate surface area is 102 Å². The standard InChI is InChI=1S/C14H30N2/c1-13-5-10-16(11-6-13)12-9-15-8-7-14(2,3)4/h13,15H,5-12H2,1-4H3. The van der Waals surface area contributed by atoms with Crippen LogP contribution in [0.1, 0.15) is 47.0 Å². The fourth-order valence-corrected chi connectivity index (χ4v) is 2.11. The van der Waals surface area contributed by atoms with Crippen LogP contribution in [0.3, 0.4) is 0 Å². The van der Waals surface area contributed by atoms with Gasteiger partial charge < -0.3 is 10.2 Å². The van der Waals surface area contributed by atoms with Crippen LogP contribution in [-0.2, 0) is 0 Å². The van der Waals surface area contributed by atoms with Gasteiger partial charge in [-0.3, -0.25) is 0 Å². The summed E-state index contributed by atoms with van der Waals surface area (Å²) in [5.41, 5.74) is 0.466. The molecule has 0 aromatic rings. The van der Waals surface area contributed by atoms with E-state index in [2.05, 4.69) is 37.9 Å². The smallest absolute Gasteiger partial charge is 0.0107 e. The number of rotatable bonds is 5. The lowest BCUT2D eigenvalue weighted by Gasteiger charge is -2.30. The first-order valence-electron chi connectivity index (χ1n) is 6.90. The summed E-state index contributed by atoms with van der Waals surface area (Å²) in [6.45, 7) is 15.5. The van der Waals surface area contributed by atoms with Gasteiger partial charge >= 0.3 is 0 Å². The molecule has 1 N–H and O–H groups in total. The summed E-state index contributed by atoms with van der Waals surface area (Å²) in [5.74, 6) is 0.949. The molecule has 1 rings (SSSR count). The van der Waals surface area contributed by atoms with E-state index in [1.807, 2.05) is 0 Å². The summed E-state index contributed by atoms with van der Waals surface area (Å²) >= 11 is 0. The van der Waals surface area contributed by atoms with Gasteiger partial charge in [0.05, 0.1) is 0 Å². The monoisotopic (exact) mass is 226 g/mol. The van der Waals surface area contributed by atoms with E-state index in [-0.39, 0.29) is 0 Å². The summed E-state index contributed by atoms with van der Waals surface area (Å²) in [5, 5.41) is 3.56. The van der Waals surface area contributed by atoms with Gasteiger partial charge in [-0.2, -0.15) is 0 Å². The zero-order valence-corrected chi connectivity index (χ0v) is 11.7. The minimum Gasteiger partial charge on any atom is -0.315 e. The van der Waals surface area contributed by atoms with Crippen molar-refractivity contribution in [3.8, 4) is 0 Å². The van der Waals surface area contributed by atoms with E-state index in [1.165, 1.54) is 38.9 Å². The lowest BCUT2D eigenvalue weighted by Crippen LogP contribution is -2.38. The van der Waals surface area contributed by atoms with Crippen LogP contribution in [0.4, 0.5) is 0 Å². The van der Waals surface area contributed by atoms with Crippen LogP contribution in [-0.4, -0.2) is 37.6 Å². The third-order valence-electron chi connectivity index (χ3n) is 3.53. The molecule has 1 heterocycles. The number of hydrogen-bond acceptors (Lipinski definition) is 2. The van der Waals surface area contributed by atoms with E-state index in [1.54, 1.807) is 0 Å². The van der Waals surface area contributed by atoms with Crippen molar-refractivity contribution >= 4 is 0 Å². The van der Waals surface area contributed by atoms with Crippen LogP contribution >= 0.6 is 0 Å². The average molecular weight is 226 g/mol. The Morgan fingerprint density at radius 3 is 2.31 bits per heavy atom. The Bertz CT molecular complexity index is 176. The van der Waals surface area contributed by atoms with E-state index >= 15 is 0 Å². The van der Waals surface area contributed by atoms with E-state index in [0.717, 1.165) is 19.0 Å². The molecule has 0 radical (unpaired) electrons. The minimum absolute atomic E-state index is 0.466. The summed E-state index contributed by atoms with van der Waals surface area (Å²) < 4.78 is 0. The Kier molecular flexibility index (Phi) is 5.77. The quantitative estimate of drug-likeness (QED) is 0.725. The van der Waals surface area contributed by atoms with Crippen molar-refractivity contribution in [1.29, 1.82) is 0 Å². The maximum Gasteiger partial charge on any atom is 0.0107 e. The van der Waals surface area contributed by atoms with Gasteiger partial charge in [0.2, 0.25) is 0 Å². The molecule has 1 saturated heterocycles. The third-order valence-corrected chi connectivity index (χ3v) is 3.53. The average Bonchev–Trinajstić information content (AvgIpc) is 2.19. The zero-order valence-electron chi connectivity index (χ0n) is 11.7. The Morgan fingerprint density at radius 2 is 1.75 bits per heavy atom. The summed E-state index contributed by atoms with van der Waals surface area (Å²) in [7, 11) is 0. The molecule has 1 fully saturated rings. The van der Waals surface area contributed by atoms with Crippen LogP contribution < -0.4 is 5.32 Å². The molecule has 0 bridgehead atoms. The molecule has 0 unspecified atom stereocenters. The first-order valence-corrected chi connectivity index (χ1v) is 6.90. The van der Waals surface area contributed by atoms with Crippen molar-refractivity contribution in [2.24, 2.45) is 11.3 Å². The molecule has 2 heteroatoms. The highest BCUT2D eigenvalue weighted by Crippen LogP contribution is 2.17. The van der Waals surface area contributed by atoms with E-state index < -0.39 is 0 Å². The molecule has 0 aliphatic carbocycles. The van der Waals surface area contributed by atoms with Gasteiger partial charge in [-0.05, 0) is 50.2 Å². The molecule has 0 saturated carbocycles. The van der Waals surface area contributed by atoms with Crippen molar-refractivity contribution in [3.63, 3.8) is 0 Å². The van der Waals surface area contributed by atoms with Crippen molar-refractivity contribution in [3.05, 3.63) is 0 Å². The predicted molar refractivity (Wildman–Crippen MR) is 71.8 cm³/mol. The molecule has 1 aliphatic rings. The topological polar surface area (TPSA) is 15.3 Å².